The lowest BCUT2D eigenvalue weighted by atomic mass is 10.1. The summed E-state index contributed by atoms with van der Waals surface area (Å²) in [6.07, 6.45) is 0. The second-order valence-corrected chi connectivity index (χ2v) is 7.58. The van der Waals surface area contributed by atoms with E-state index in [-0.39, 0.29) is 22.2 Å². The lowest BCUT2D eigenvalue weighted by Gasteiger charge is -2.08. The maximum Gasteiger partial charge on any atom is 0.342 e. The fourth-order valence-corrected chi connectivity index (χ4v) is 3.27. The van der Waals surface area contributed by atoms with Crippen LogP contribution in [-0.2, 0) is 7.05 Å². The molecule has 170 valence electrons. The quantitative estimate of drug-likeness (QED) is 0.175. The predicted molar refractivity (Wildman–Crippen MR) is 127 cm³/mol. The Balaban J connectivity index is 1.77. The van der Waals surface area contributed by atoms with Crippen molar-refractivity contribution in [3.8, 4) is 17.0 Å². The minimum Gasteiger partial charge on any atom is -0.504 e. The molecule has 0 atom stereocenters. The molecule has 0 unspecified atom stereocenters. The van der Waals surface area contributed by atoms with Gasteiger partial charge in [-0.2, -0.15) is 10.2 Å². The molecule has 4 N–H and O–H groups in total. The van der Waals surface area contributed by atoms with Crippen LogP contribution < -0.4 is 10.7 Å². The van der Waals surface area contributed by atoms with Gasteiger partial charge in [0.2, 0.25) is 0 Å². The SMILES string of the molecule is C/C(=N\NC(=S)Nc1ccc(C(=O)O)c([N+](=O)[O-])c1)c1nn(C)c(-c2ccc(Cl)cc2)c1O. The van der Waals surface area contributed by atoms with E-state index in [1.807, 2.05) is 0 Å². The van der Waals surface area contributed by atoms with Gasteiger partial charge in [-0.15, -0.1) is 0 Å². The highest BCUT2D eigenvalue weighted by molar-refractivity contribution is 7.80. The normalized spacial score (nSPS) is 11.2. The highest BCUT2D eigenvalue weighted by Gasteiger charge is 2.21. The average Bonchev–Trinajstić information content (AvgIpc) is 3.06. The number of aromatic nitrogens is 2. The Bertz CT molecular complexity index is 1290. The minimum absolute atomic E-state index is 0.0138. The molecule has 0 aliphatic carbocycles. The number of hydrogen-bond donors (Lipinski definition) is 4. The van der Waals surface area contributed by atoms with Crippen molar-refractivity contribution in [2.45, 2.75) is 6.92 Å². The number of carbonyl (C=O) groups is 1. The van der Waals surface area contributed by atoms with E-state index >= 15 is 0 Å². The van der Waals surface area contributed by atoms with Gasteiger partial charge in [0, 0.05) is 29.4 Å². The van der Waals surface area contributed by atoms with Gasteiger partial charge in [-0.05, 0) is 43.4 Å². The van der Waals surface area contributed by atoms with Crippen LogP contribution in [0.4, 0.5) is 11.4 Å². The van der Waals surface area contributed by atoms with Crippen LogP contribution in [0.25, 0.3) is 11.3 Å². The maximum absolute atomic E-state index is 11.1. The van der Waals surface area contributed by atoms with E-state index in [1.165, 1.54) is 10.7 Å². The third-order valence-corrected chi connectivity index (χ3v) is 4.94. The first-order valence-corrected chi connectivity index (χ1v) is 10.0. The van der Waals surface area contributed by atoms with Crippen LogP contribution >= 0.6 is 23.8 Å². The van der Waals surface area contributed by atoms with Gasteiger partial charge < -0.3 is 15.5 Å². The molecule has 3 aromatic rings. The lowest BCUT2D eigenvalue weighted by Crippen LogP contribution is -2.25. The number of nitrogens with one attached hydrogen (secondary N) is 2. The van der Waals surface area contributed by atoms with Crippen LogP contribution in [0.5, 0.6) is 5.75 Å². The number of anilines is 1. The molecule has 11 nitrogen and oxygen atoms in total. The minimum atomic E-state index is -1.41. The first-order chi connectivity index (χ1) is 15.6. The molecule has 0 fully saturated rings. The van der Waals surface area contributed by atoms with Crippen molar-refractivity contribution in [2.75, 3.05) is 5.32 Å². The van der Waals surface area contributed by atoms with Gasteiger partial charge in [0.05, 0.1) is 10.6 Å². The van der Waals surface area contributed by atoms with Crippen molar-refractivity contribution in [3.63, 3.8) is 0 Å². The van der Waals surface area contributed by atoms with E-state index in [4.69, 9.17) is 28.9 Å². The fourth-order valence-electron chi connectivity index (χ4n) is 2.98. The number of nitro groups is 1. The largest absolute Gasteiger partial charge is 0.504 e. The summed E-state index contributed by atoms with van der Waals surface area (Å²) in [5, 5.41) is 42.5. The molecule has 0 saturated heterocycles. The van der Waals surface area contributed by atoms with Crippen LogP contribution in [0.2, 0.25) is 5.02 Å². The Morgan fingerprint density at radius 2 is 1.94 bits per heavy atom. The third-order valence-electron chi connectivity index (χ3n) is 4.49. The first kappa shape index (κ1) is 23.6. The Morgan fingerprint density at radius 1 is 1.27 bits per heavy atom. The summed E-state index contributed by atoms with van der Waals surface area (Å²) in [5.41, 5.74) is 3.46. The van der Waals surface area contributed by atoms with E-state index in [9.17, 15) is 20.0 Å². The zero-order valence-electron chi connectivity index (χ0n) is 17.2. The highest BCUT2D eigenvalue weighted by Crippen LogP contribution is 2.32. The zero-order valence-corrected chi connectivity index (χ0v) is 18.8. The molecule has 2 aromatic carbocycles. The van der Waals surface area contributed by atoms with Crippen LogP contribution in [0.1, 0.15) is 23.0 Å². The summed E-state index contributed by atoms with van der Waals surface area (Å²) in [5.74, 6) is -1.50. The number of nitrogens with zero attached hydrogens (tertiary/aromatic N) is 4. The van der Waals surface area contributed by atoms with Crippen molar-refractivity contribution in [3.05, 3.63) is 68.9 Å². The molecule has 0 radical (unpaired) electrons. The number of halogens is 1. The Kier molecular flexibility index (Phi) is 6.89. The van der Waals surface area contributed by atoms with Crippen LogP contribution in [0.15, 0.2) is 47.6 Å². The van der Waals surface area contributed by atoms with Gasteiger partial charge in [0.1, 0.15) is 11.3 Å². The molecule has 33 heavy (non-hydrogen) atoms. The van der Waals surface area contributed by atoms with Gasteiger partial charge in [-0.3, -0.25) is 20.2 Å². The lowest BCUT2D eigenvalue weighted by molar-refractivity contribution is -0.385. The topological polar surface area (TPSA) is 155 Å². The first-order valence-electron chi connectivity index (χ1n) is 9.23. The van der Waals surface area contributed by atoms with Gasteiger partial charge in [-0.1, -0.05) is 23.7 Å². The van der Waals surface area contributed by atoms with Crippen molar-refractivity contribution in [1.82, 2.24) is 15.2 Å². The molecule has 1 aromatic heterocycles. The molecule has 13 heteroatoms. The molecule has 1 heterocycles. The number of nitro benzene ring substituents is 1. The number of carboxylic acids is 1. The maximum atomic E-state index is 11.1. The molecule has 0 spiro atoms. The molecule has 0 amide bonds. The van der Waals surface area contributed by atoms with E-state index in [1.54, 1.807) is 38.2 Å². The summed E-state index contributed by atoms with van der Waals surface area (Å²) in [4.78, 5) is 21.4. The summed E-state index contributed by atoms with van der Waals surface area (Å²) >= 11 is 11.1. The van der Waals surface area contributed by atoms with Gasteiger partial charge in [0.25, 0.3) is 5.69 Å². The summed E-state index contributed by atoms with van der Waals surface area (Å²) in [6, 6.07) is 10.4. The predicted octanol–water partition coefficient (Wildman–Crippen LogP) is 3.76. The average molecular weight is 489 g/mol. The second kappa shape index (κ2) is 9.63. The van der Waals surface area contributed by atoms with Gasteiger partial charge in [0.15, 0.2) is 16.6 Å². The van der Waals surface area contributed by atoms with Crippen molar-refractivity contribution < 1.29 is 19.9 Å². The Labute approximate surface area is 197 Å². The van der Waals surface area contributed by atoms with Gasteiger partial charge in [-0.25, -0.2) is 4.79 Å². The molecule has 0 bridgehead atoms. The standard InChI is InChI=1S/C20H17ClN6O5S/c1-10(16-18(28)17(26(2)25-16)11-3-5-12(21)6-4-11)23-24-20(33)22-13-7-8-14(19(29)30)15(9-13)27(31)32/h3-9,28H,1-2H3,(H,29,30)(H2,22,24,33)/b23-10+. The summed E-state index contributed by atoms with van der Waals surface area (Å²) in [6.45, 7) is 1.61. The number of hydrogen-bond acceptors (Lipinski definition) is 7. The van der Waals surface area contributed by atoms with E-state index in [0.717, 1.165) is 12.1 Å². The second-order valence-electron chi connectivity index (χ2n) is 6.73. The summed E-state index contributed by atoms with van der Waals surface area (Å²) < 4.78 is 1.51. The number of benzene rings is 2. The molecular formula is C20H17ClN6O5S. The zero-order chi connectivity index (χ0) is 24.3. The molecule has 0 aliphatic heterocycles. The molecule has 0 saturated carbocycles. The molecule has 0 aliphatic rings. The van der Waals surface area contributed by atoms with Crippen LogP contribution in [-0.4, -0.2) is 41.7 Å². The Hall–Kier alpha value is -4.03. The number of aromatic hydroxyl groups is 1. The number of thiocarbonyl (C=S) groups is 1. The third kappa shape index (κ3) is 5.25. The Morgan fingerprint density at radius 3 is 2.55 bits per heavy atom. The number of rotatable bonds is 6. The number of hydrazone groups is 1. The van der Waals surface area contributed by atoms with Crippen molar-refractivity contribution >= 4 is 52.0 Å². The summed E-state index contributed by atoms with van der Waals surface area (Å²) in [7, 11) is 1.67. The number of carboxylic acid groups (broad SMARTS) is 1. The number of aromatic carboxylic acids is 1. The van der Waals surface area contributed by atoms with E-state index in [2.05, 4.69) is 20.9 Å². The highest BCUT2D eigenvalue weighted by atomic mass is 35.5. The monoisotopic (exact) mass is 488 g/mol. The van der Waals surface area contributed by atoms with Crippen molar-refractivity contribution in [2.24, 2.45) is 12.1 Å². The van der Waals surface area contributed by atoms with Crippen LogP contribution in [0, 0.1) is 10.1 Å². The van der Waals surface area contributed by atoms with Crippen molar-refractivity contribution in [1.29, 1.82) is 0 Å². The number of aryl methyl sites for hydroxylation is 1. The molecular weight excluding hydrogens is 472 g/mol. The van der Waals surface area contributed by atoms with Gasteiger partial charge >= 0.3 is 5.97 Å². The van der Waals surface area contributed by atoms with E-state index in [0.29, 0.717) is 22.0 Å². The molecule has 3 rings (SSSR count). The fraction of sp³-hybridized carbons (Fsp3) is 0.100. The smallest absolute Gasteiger partial charge is 0.342 e. The van der Waals surface area contributed by atoms with E-state index < -0.39 is 22.1 Å². The van der Waals surface area contributed by atoms with Crippen LogP contribution in [0.3, 0.4) is 0 Å².